The number of benzene rings is 1. The summed E-state index contributed by atoms with van der Waals surface area (Å²) in [7, 11) is 1.68. The first-order chi connectivity index (χ1) is 8.08. The van der Waals surface area contributed by atoms with Crippen molar-refractivity contribution in [1.29, 1.82) is 0 Å². The minimum absolute atomic E-state index is 0.150. The van der Waals surface area contributed by atoms with Crippen molar-refractivity contribution in [3.63, 3.8) is 0 Å². The highest BCUT2D eigenvalue weighted by Crippen LogP contribution is 2.18. The van der Waals surface area contributed by atoms with E-state index in [2.05, 4.69) is 25.2 Å². The summed E-state index contributed by atoms with van der Waals surface area (Å²) in [5.41, 5.74) is 2.35. The van der Waals surface area contributed by atoms with E-state index in [4.69, 9.17) is 4.74 Å². The van der Waals surface area contributed by atoms with E-state index in [1.165, 1.54) is 5.56 Å². The fraction of sp³-hybridized carbons (Fsp3) is 0.571. The standard InChI is InChI=1S/C14H23NO2/c1-10(2)13(9-16)15-8-12-5-6-14(17-4)11(3)7-12/h5-7,10,13,15-16H,8-9H2,1-4H3. The van der Waals surface area contributed by atoms with Crippen LogP contribution >= 0.6 is 0 Å². The van der Waals surface area contributed by atoms with Gasteiger partial charge in [0.25, 0.3) is 0 Å². The molecule has 0 saturated carbocycles. The van der Waals surface area contributed by atoms with Crippen LogP contribution in [0.5, 0.6) is 5.75 Å². The maximum absolute atomic E-state index is 9.23. The molecule has 1 aromatic rings. The van der Waals surface area contributed by atoms with E-state index < -0.39 is 0 Å². The summed E-state index contributed by atoms with van der Waals surface area (Å²) < 4.78 is 5.22. The Morgan fingerprint density at radius 1 is 1.35 bits per heavy atom. The summed E-state index contributed by atoms with van der Waals surface area (Å²) in [5, 5.41) is 12.6. The topological polar surface area (TPSA) is 41.5 Å². The molecular weight excluding hydrogens is 214 g/mol. The Morgan fingerprint density at radius 3 is 2.53 bits per heavy atom. The Labute approximate surface area is 104 Å². The molecule has 0 aliphatic rings. The highest BCUT2D eigenvalue weighted by atomic mass is 16.5. The van der Waals surface area contributed by atoms with E-state index in [0.717, 1.165) is 17.9 Å². The predicted molar refractivity (Wildman–Crippen MR) is 70.3 cm³/mol. The summed E-state index contributed by atoms with van der Waals surface area (Å²) in [5.74, 6) is 1.34. The third kappa shape index (κ3) is 4.02. The molecule has 1 rings (SSSR count). The van der Waals surface area contributed by atoms with Crippen molar-refractivity contribution in [2.24, 2.45) is 5.92 Å². The third-order valence-corrected chi connectivity index (χ3v) is 3.03. The summed E-state index contributed by atoms with van der Waals surface area (Å²) in [6.45, 7) is 7.19. The van der Waals surface area contributed by atoms with Crippen LogP contribution in [-0.2, 0) is 6.54 Å². The molecule has 0 aromatic heterocycles. The van der Waals surface area contributed by atoms with Gasteiger partial charge in [-0.3, -0.25) is 0 Å². The molecule has 0 amide bonds. The van der Waals surface area contributed by atoms with Gasteiger partial charge in [0.1, 0.15) is 5.75 Å². The van der Waals surface area contributed by atoms with Gasteiger partial charge in [-0.25, -0.2) is 0 Å². The molecule has 0 heterocycles. The largest absolute Gasteiger partial charge is 0.496 e. The lowest BCUT2D eigenvalue weighted by atomic mass is 10.0. The predicted octanol–water partition coefficient (Wildman–Crippen LogP) is 2.11. The average molecular weight is 237 g/mol. The zero-order chi connectivity index (χ0) is 12.8. The molecule has 0 fully saturated rings. The van der Waals surface area contributed by atoms with E-state index >= 15 is 0 Å². The smallest absolute Gasteiger partial charge is 0.121 e. The van der Waals surface area contributed by atoms with Crippen LogP contribution in [0.15, 0.2) is 18.2 Å². The molecule has 0 bridgehead atoms. The molecule has 3 heteroatoms. The Morgan fingerprint density at radius 2 is 2.06 bits per heavy atom. The number of nitrogens with one attached hydrogen (secondary N) is 1. The maximum Gasteiger partial charge on any atom is 0.121 e. The molecule has 0 aliphatic heterocycles. The monoisotopic (exact) mass is 237 g/mol. The highest BCUT2D eigenvalue weighted by molar-refractivity contribution is 5.36. The zero-order valence-corrected chi connectivity index (χ0v) is 11.2. The lowest BCUT2D eigenvalue weighted by molar-refractivity contribution is 0.210. The first-order valence-electron chi connectivity index (χ1n) is 6.06. The molecule has 0 spiro atoms. The summed E-state index contributed by atoms with van der Waals surface area (Å²) in [6.07, 6.45) is 0. The van der Waals surface area contributed by atoms with Gasteiger partial charge in [-0.15, -0.1) is 0 Å². The van der Waals surface area contributed by atoms with E-state index in [9.17, 15) is 5.11 Å². The lowest BCUT2D eigenvalue weighted by Crippen LogP contribution is -2.36. The van der Waals surface area contributed by atoms with Gasteiger partial charge in [0, 0.05) is 12.6 Å². The Balaban J connectivity index is 2.60. The number of aliphatic hydroxyl groups excluding tert-OH is 1. The van der Waals surface area contributed by atoms with Gasteiger partial charge in [0.15, 0.2) is 0 Å². The fourth-order valence-electron chi connectivity index (χ4n) is 1.81. The van der Waals surface area contributed by atoms with Crippen LogP contribution in [0.4, 0.5) is 0 Å². The number of aryl methyl sites for hydroxylation is 1. The van der Waals surface area contributed by atoms with Gasteiger partial charge < -0.3 is 15.2 Å². The molecule has 2 N–H and O–H groups in total. The van der Waals surface area contributed by atoms with Gasteiger partial charge in [-0.2, -0.15) is 0 Å². The van der Waals surface area contributed by atoms with Crippen molar-refractivity contribution < 1.29 is 9.84 Å². The van der Waals surface area contributed by atoms with Crippen LogP contribution in [0.2, 0.25) is 0 Å². The number of ether oxygens (including phenoxy) is 1. The Kier molecular flexibility index (Phi) is 5.45. The van der Waals surface area contributed by atoms with Gasteiger partial charge in [-0.05, 0) is 30.0 Å². The average Bonchev–Trinajstić information content (AvgIpc) is 2.29. The SMILES string of the molecule is COc1ccc(CNC(CO)C(C)C)cc1C. The number of hydrogen-bond donors (Lipinski definition) is 2. The van der Waals surface area contributed by atoms with Crippen LogP contribution < -0.4 is 10.1 Å². The molecule has 96 valence electrons. The lowest BCUT2D eigenvalue weighted by Gasteiger charge is -2.20. The Hall–Kier alpha value is -1.06. The van der Waals surface area contributed by atoms with E-state index in [1.807, 2.05) is 19.1 Å². The summed E-state index contributed by atoms with van der Waals surface area (Å²) >= 11 is 0. The first kappa shape index (κ1) is 14.0. The van der Waals surface area contributed by atoms with Crippen LogP contribution in [-0.4, -0.2) is 24.9 Å². The molecule has 1 aromatic carbocycles. The number of rotatable bonds is 6. The second-order valence-electron chi connectivity index (χ2n) is 4.72. The molecule has 0 radical (unpaired) electrons. The molecule has 0 aliphatic carbocycles. The molecule has 1 atom stereocenters. The quantitative estimate of drug-likeness (QED) is 0.796. The maximum atomic E-state index is 9.23. The summed E-state index contributed by atoms with van der Waals surface area (Å²) in [6, 6.07) is 6.29. The molecular formula is C14H23NO2. The summed E-state index contributed by atoms with van der Waals surface area (Å²) in [4.78, 5) is 0. The van der Waals surface area contributed by atoms with Crippen molar-refractivity contribution in [3.05, 3.63) is 29.3 Å². The second kappa shape index (κ2) is 6.62. The third-order valence-electron chi connectivity index (χ3n) is 3.03. The molecule has 3 nitrogen and oxygen atoms in total. The van der Waals surface area contributed by atoms with Crippen molar-refractivity contribution in [3.8, 4) is 5.75 Å². The van der Waals surface area contributed by atoms with Crippen molar-refractivity contribution in [2.75, 3.05) is 13.7 Å². The number of hydrogen-bond acceptors (Lipinski definition) is 3. The number of methoxy groups -OCH3 is 1. The van der Waals surface area contributed by atoms with Crippen LogP contribution in [0, 0.1) is 12.8 Å². The van der Waals surface area contributed by atoms with Crippen molar-refractivity contribution in [2.45, 2.75) is 33.4 Å². The van der Waals surface area contributed by atoms with Crippen LogP contribution in [0.3, 0.4) is 0 Å². The van der Waals surface area contributed by atoms with Crippen molar-refractivity contribution in [1.82, 2.24) is 5.32 Å². The zero-order valence-electron chi connectivity index (χ0n) is 11.2. The van der Waals surface area contributed by atoms with Gasteiger partial charge >= 0.3 is 0 Å². The van der Waals surface area contributed by atoms with Crippen molar-refractivity contribution >= 4 is 0 Å². The number of aliphatic hydroxyl groups is 1. The molecule has 17 heavy (non-hydrogen) atoms. The highest BCUT2D eigenvalue weighted by Gasteiger charge is 2.11. The van der Waals surface area contributed by atoms with E-state index in [-0.39, 0.29) is 12.6 Å². The van der Waals surface area contributed by atoms with E-state index in [1.54, 1.807) is 7.11 Å². The first-order valence-corrected chi connectivity index (χ1v) is 6.06. The van der Waals surface area contributed by atoms with E-state index in [0.29, 0.717) is 5.92 Å². The minimum atomic E-state index is 0.150. The minimum Gasteiger partial charge on any atom is -0.496 e. The van der Waals surface area contributed by atoms with Crippen LogP contribution in [0.1, 0.15) is 25.0 Å². The molecule has 1 unspecified atom stereocenters. The normalized spacial score (nSPS) is 12.8. The van der Waals surface area contributed by atoms with Crippen LogP contribution in [0.25, 0.3) is 0 Å². The Bertz CT molecular complexity index is 350. The second-order valence-corrected chi connectivity index (χ2v) is 4.72. The fourth-order valence-corrected chi connectivity index (χ4v) is 1.81. The van der Waals surface area contributed by atoms with Gasteiger partial charge in [0.2, 0.25) is 0 Å². The van der Waals surface area contributed by atoms with Gasteiger partial charge in [0.05, 0.1) is 13.7 Å². The van der Waals surface area contributed by atoms with Gasteiger partial charge in [-0.1, -0.05) is 26.0 Å². The molecule has 0 saturated heterocycles.